The highest BCUT2D eigenvalue weighted by atomic mass is 19.1. The molecule has 0 aliphatic heterocycles. The van der Waals surface area contributed by atoms with Gasteiger partial charge in [0.15, 0.2) is 23.3 Å². The molecule has 1 aromatic rings. The van der Waals surface area contributed by atoms with Crippen LogP contribution in [0.4, 0.5) is 20.4 Å². The Balaban J connectivity index is 2.65. The topological polar surface area (TPSA) is 50.9 Å². The maximum absolute atomic E-state index is 13.4. The van der Waals surface area contributed by atoms with E-state index in [2.05, 4.69) is 24.1 Å². The van der Waals surface area contributed by atoms with E-state index in [1.54, 1.807) is 0 Å². The summed E-state index contributed by atoms with van der Waals surface area (Å²) in [6.45, 7) is 6.19. The second-order valence-electron chi connectivity index (χ2n) is 4.70. The molecule has 0 saturated heterocycles. The maximum Gasteiger partial charge on any atom is 0.168 e. The first-order valence-electron chi connectivity index (χ1n) is 5.78. The first-order valence-corrected chi connectivity index (χ1v) is 5.78. The molecule has 1 unspecified atom stereocenters. The van der Waals surface area contributed by atoms with E-state index in [9.17, 15) is 8.78 Å². The zero-order valence-corrected chi connectivity index (χ0v) is 10.4. The van der Waals surface area contributed by atoms with E-state index in [4.69, 9.17) is 5.73 Å². The third-order valence-corrected chi connectivity index (χ3v) is 2.52. The van der Waals surface area contributed by atoms with Gasteiger partial charge in [-0.2, -0.15) is 0 Å². The SMILES string of the molecule is CC(C)CCC(C)Nc1nc(N)c(F)cc1F. The van der Waals surface area contributed by atoms with Gasteiger partial charge in [0.05, 0.1) is 0 Å². The summed E-state index contributed by atoms with van der Waals surface area (Å²) in [7, 11) is 0. The van der Waals surface area contributed by atoms with E-state index in [0.29, 0.717) is 5.92 Å². The minimum absolute atomic E-state index is 0.0140. The molecular formula is C12H19F2N3. The van der Waals surface area contributed by atoms with Crippen LogP contribution in [0, 0.1) is 17.6 Å². The van der Waals surface area contributed by atoms with Gasteiger partial charge in [-0.1, -0.05) is 13.8 Å². The van der Waals surface area contributed by atoms with E-state index >= 15 is 0 Å². The van der Waals surface area contributed by atoms with Gasteiger partial charge < -0.3 is 11.1 Å². The molecule has 5 heteroatoms. The predicted octanol–water partition coefficient (Wildman–Crippen LogP) is 3.18. The highest BCUT2D eigenvalue weighted by molar-refractivity contribution is 5.45. The number of nitrogens with two attached hydrogens (primary N) is 1. The van der Waals surface area contributed by atoms with Crippen LogP contribution in [0.25, 0.3) is 0 Å². The van der Waals surface area contributed by atoms with Gasteiger partial charge in [-0.3, -0.25) is 0 Å². The average Bonchev–Trinajstić information content (AvgIpc) is 2.23. The number of hydrogen-bond donors (Lipinski definition) is 2. The number of halogens is 2. The highest BCUT2D eigenvalue weighted by Gasteiger charge is 2.12. The summed E-state index contributed by atoms with van der Waals surface area (Å²) < 4.78 is 26.3. The molecular weight excluding hydrogens is 224 g/mol. The Hall–Kier alpha value is -1.39. The van der Waals surface area contributed by atoms with Crippen LogP contribution in [0.2, 0.25) is 0 Å². The fraction of sp³-hybridized carbons (Fsp3) is 0.583. The third-order valence-electron chi connectivity index (χ3n) is 2.52. The second kappa shape index (κ2) is 5.80. The summed E-state index contributed by atoms with van der Waals surface area (Å²) in [5.41, 5.74) is 5.29. The van der Waals surface area contributed by atoms with Gasteiger partial charge in [0.2, 0.25) is 0 Å². The van der Waals surface area contributed by atoms with Crippen molar-refractivity contribution in [3.63, 3.8) is 0 Å². The molecule has 17 heavy (non-hydrogen) atoms. The average molecular weight is 243 g/mol. The van der Waals surface area contributed by atoms with Crippen molar-refractivity contribution in [2.24, 2.45) is 5.92 Å². The van der Waals surface area contributed by atoms with E-state index in [-0.39, 0.29) is 17.7 Å². The molecule has 0 fully saturated rings. The van der Waals surface area contributed by atoms with Crippen molar-refractivity contribution in [1.82, 2.24) is 4.98 Å². The molecule has 0 aliphatic carbocycles. The van der Waals surface area contributed by atoms with E-state index in [1.165, 1.54) is 0 Å². The number of nitrogen functional groups attached to an aromatic ring is 1. The zero-order chi connectivity index (χ0) is 13.0. The van der Waals surface area contributed by atoms with Crippen LogP contribution in [0.1, 0.15) is 33.6 Å². The lowest BCUT2D eigenvalue weighted by Crippen LogP contribution is -2.18. The Morgan fingerprint density at radius 1 is 1.24 bits per heavy atom. The number of rotatable bonds is 5. The quantitative estimate of drug-likeness (QED) is 0.835. The van der Waals surface area contributed by atoms with E-state index in [0.717, 1.165) is 18.9 Å². The van der Waals surface area contributed by atoms with Crippen molar-refractivity contribution in [3.8, 4) is 0 Å². The first kappa shape index (κ1) is 13.7. The summed E-state index contributed by atoms with van der Waals surface area (Å²) in [6, 6.07) is 0.823. The maximum atomic E-state index is 13.4. The van der Waals surface area contributed by atoms with Crippen molar-refractivity contribution >= 4 is 11.6 Å². The van der Waals surface area contributed by atoms with Crippen LogP contribution in [-0.2, 0) is 0 Å². The highest BCUT2D eigenvalue weighted by Crippen LogP contribution is 2.18. The van der Waals surface area contributed by atoms with Gasteiger partial charge in [-0.25, -0.2) is 13.8 Å². The molecule has 1 aromatic heterocycles. The molecule has 1 heterocycles. The molecule has 0 aliphatic rings. The van der Waals surface area contributed by atoms with Gasteiger partial charge in [0, 0.05) is 12.1 Å². The molecule has 0 spiro atoms. The van der Waals surface area contributed by atoms with Crippen LogP contribution in [0.5, 0.6) is 0 Å². The van der Waals surface area contributed by atoms with E-state index in [1.807, 2.05) is 6.92 Å². The summed E-state index contributed by atoms with van der Waals surface area (Å²) in [6.07, 6.45) is 1.93. The number of nitrogens with one attached hydrogen (secondary N) is 1. The number of pyridine rings is 1. The number of anilines is 2. The summed E-state index contributed by atoms with van der Waals surface area (Å²) in [4.78, 5) is 3.66. The van der Waals surface area contributed by atoms with Gasteiger partial charge in [-0.15, -0.1) is 0 Å². The monoisotopic (exact) mass is 243 g/mol. The van der Waals surface area contributed by atoms with Crippen LogP contribution in [-0.4, -0.2) is 11.0 Å². The molecule has 0 amide bonds. The number of hydrogen-bond acceptors (Lipinski definition) is 3. The molecule has 3 nitrogen and oxygen atoms in total. The minimum atomic E-state index is -0.831. The summed E-state index contributed by atoms with van der Waals surface area (Å²) in [5, 5.41) is 2.90. The molecule has 0 radical (unpaired) electrons. The van der Waals surface area contributed by atoms with Crippen LogP contribution in [0.3, 0.4) is 0 Å². The van der Waals surface area contributed by atoms with Crippen LogP contribution >= 0.6 is 0 Å². The fourth-order valence-corrected chi connectivity index (χ4v) is 1.47. The Kier molecular flexibility index (Phi) is 4.66. The normalized spacial score (nSPS) is 12.8. The molecule has 96 valence electrons. The Morgan fingerprint density at radius 2 is 1.88 bits per heavy atom. The lowest BCUT2D eigenvalue weighted by atomic mass is 10.0. The zero-order valence-electron chi connectivity index (χ0n) is 10.4. The Bertz CT molecular complexity index is 380. The van der Waals surface area contributed by atoms with Crippen molar-refractivity contribution in [1.29, 1.82) is 0 Å². The first-order chi connectivity index (χ1) is 7.90. The minimum Gasteiger partial charge on any atom is -0.381 e. The smallest absolute Gasteiger partial charge is 0.168 e. The molecule has 0 bridgehead atoms. The third kappa shape index (κ3) is 4.17. The number of nitrogens with zero attached hydrogens (tertiary/aromatic N) is 1. The summed E-state index contributed by atoms with van der Waals surface area (Å²) in [5.74, 6) is -1.23. The lowest BCUT2D eigenvalue weighted by molar-refractivity contribution is 0.523. The predicted molar refractivity (Wildman–Crippen MR) is 65.7 cm³/mol. The van der Waals surface area contributed by atoms with Gasteiger partial charge in [0.1, 0.15) is 0 Å². The molecule has 0 saturated carbocycles. The number of aromatic nitrogens is 1. The molecule has 1 rings (SSSR count). The Morgan fingerprint density at radius 3 is 2.47 bits per heavy atom. The van der Waals surface area contributed by atoms with Crippen molar-refractivity contribution in [2.45, 2.75) is 39.7 Å². The molecule has 1 atom stereocenters. The van der Waals surface area contributed by atoms with Gasteiger partial charge in [0.25, 0.3) is 0 Å². The standard InChI is InChI=1S/C12H19F2N3/c1-7(2)4-5-8(3)16-12-10(14)6-9(13)11(15)17-12/h6-8H,4-5H2,1-3H3,(H3,15,16,17). The van der Waals surface area contributed by atoms with Crippen molar-refractivity contribution in [3.05, 3.63) is 17.7 Å². The molecule has 0 aromatic carbocycles. The molecule has 3 N–H and O–H groups in total. The fourth-order valence-electron chi connectivity index (χ4n) is 1.47. The van der Waals surface area contributed by atoms with Crippen LogP contribution < -0.4 is 11.1 Å². The van der Waals surface area contributed by atoms with Crippen molar-refractivity contribution in [2.75, 3.05) is 11.1 Å². The Labute approximate surface area is 100 Å². The van der Waals surface area contributed by atoms with Crippen molar-refractivity contribution < 1.29 is 8.78 Å². The van der Waals surface area contributed by atoms with Gasteiger partial charge >= 0.3 is 0 Å². The summed E-state index contributed by atoms with van der Waals surface area (Å²) >= 11 is 0. The largest absolute Gasteiger partial charge is 0.381 e. The second-order valence-corrected chi connectivity index (χ2v) is 4.70. The van der Waals surface area contributed by atoms with Crippen LogP contribution in [0.15, 0.2) is 6.07 Å². The lowest BCUT2D eigenvalue weighted by Gasteiger charge is -2.16. The van der Waals surface area contributed by atoms with Gasteiger partial charge in [-0.05, 0) is 25.7 Å². The van der Waals surface area contributed by atoms with E-state index < -0.39 is 11.6 Å².